The molecule has 1 aromatic rings. The second-order valence-electron chi connectivity index (χ2n) is 6.08. The van der Waals surface area contributed by atoms with Gasteiger partial charge in [0.25, 0.3) is 5.91 Å². The number of carbonyl (C=O) groups excluding carboxylic acids is 1. The molecule has 0 aromatic heterocycles. The van der Waals surface area contributed by atoms with Crippen molar-refractivity contribution in [3.63, 3.8) is 0 Å². The molecule has 0 saturated carbocycles. The molecule has 0 bridgehead atoms. The quantitative estimate of drug-likeness (QED) is 0.870. The average Bonchev–Trinajstić information content (AvgIpc) is 2.44. The lowest BCUT2D eigenvalue weighted by Gasteiger charge is -2.36. The number of nitrogens with zero attached hydrogens (tertiary/aromatic N) is 1. The number of ether oxygens (including phenoxy) is 1. The van der Waals surface area contributed by atoms with E-state index in [0.29, 0.717) is 19.0 Å². The molecule has 0 aliphatic carbocycles. The van der Waals surface area contributed by atoms with Gasteiger partial charge in [-0.15, -0.1) is 0 Å². The van der Waals surface area contributed by atoms with Crippen LogP contribution in [0.15, 0.2) is 29.8 Å². The van der Waals surface area contributed by atoms with E-state index in [-0.39, 0.29) is 12.0 Å². The summed E-state index contributed by atoms with van der Waals surface area (Å²) in [5.74, 6) is 1.09. The van der Waals surface area contributed by atoms with E-state index in [1.807, 2.05) is 32.0 Å². The molecule has 1 aliphatic heterocycles. The highest BCUT2D eigenvalue weighted by atomic mass is 16.5. The smallest absolute Gasteiger partial charge is 0.251 e. The number of hydrogen-bond donors (Lipinski definition) is 1. The van der Waals surface area contributed by atoms with Crippen LogP contribution in [-0.4, -0.2) is 18.6 Å². The number of rotatable bonds is 3. The Hall–Kier alpha value is -1.81. The van der Waals surface area contributed by atoms with Crippen molar-refractivity contribution in [2.75, 3.05) is 11.4 Å². The van der Waals surface area contributed by atoms with Crippen LogP contribution >= 0.6 is 0 Å². The van der Waals surface area contributed by atoms with Gasteiger partial charge in [0.15, 0.2) is 0 Å². The Morgan fingerprint density at radius 2 is 2.19 bits per heavy atom. The first-order valence-electron chi connectivity index (χ1n) is 7.38. The Morgan fingerprint density at radius 3 is 2.76 bits per heavy atom. The molecule has 1 atom stereocenters. The minimum atomic E-state index is 0.0000340. The molecule has 0 fully saturated rings. The van der Waals surface area contributed by atoms with Crippen LogP contribution in [-0.2, 0) is 11.3 Å². The van der Waals surface area contributed by atoms with E-state index < -0.39 is 0 Å². The first-order valence-corrected chi connectivity index (χ1v) is 7.38. The SMILES string of the molecule is CC(C)=CC(=O)N1CC(C(C)C)Oc2cc(CN)ccc21. The number of carbonyl (C=O) groups is 1. The minimum absolute atomic E-state index is 0.0000340. The van der Waals surface area contributed by atoms with Gasteiger partial charge in [-0.05, 0) is 37.5 Å². The number of allylic oxidation sites excluding steroid dienone is 1. The van der Waals surface area contributed by atoms with Crippen LogP contribution in [0.2, 0.25) is 0 Å². The molecule has 2 rings (SSSR count). The van der Waals surface area contributed by atoms with Gasteiger partial charge in [0.2, 0.25) is 0 Å². The van der Waals surface area contributed by atoms with Gasteiger partial charge in [-0.25, -0.2) is 0 Å². The van der Waals surface area contributed by atoms with Gasteiger partial charge >= 0.3 is 0 Å². The maximum atomic E-state index is 12.5. The predicted octanol–water partition coefficient (Wildman–Crippen LogP) is 2.86. The van der Waals surface area contributed by atoms with E-state index in [9.17, 15) is 4.79 Å². The zero-order valence-corrected chi connectivity index (χ0v) is 13.2. The molecule has 1 heterocycles. The first kappa shape index (κ1) is 15.6. The molecule has 2 N–H and O–H groups in total. The number of nitrogens with two attached hydrogens (primary N) is 1. The van der Waals surface area contributed by atoms with Crippen molar-refractivity contribution in [3.05, 3.63) is 35.4 Å². The average molecular weight is 288 g/mol. The first-order chi connectivity index (χ1) is 9.92. The van der Waals surface area contributed by atoms with Crippen LogP contribution < -0.4 is 15.4 Å². The van der Waals surface area contributed by atoms with E-state index in [0.717, 1.165) is 22.6 Å². The second-order valence-corrected chi connectivity index (χ2v) is 6.08. The van der Waals surface area contributed by atoms with Crippen LogP contribution in [0.5, 0.6) is 5.75 Å². The summed E-state index contributed by atoms with van der Waals surface area (Å²) in [6.45, 7) is 9.10. The normalized spacial score (nSPS) is 17.2. The summed E-state index contributed by atoms with van der Waals surface area (Å²) in [4.78, 5) is 14.3. The molecule has 1 unspecified atom stereocenters. The van der Waals surface area contributed by atoms with Gasteiger partial charge in [0.1, 0.15) is 11.9 Å². The van der Waals surface area contributed by atoms with E-state index in [1.54, 1.807) is 11.0 Å². The Balaban J connectivity index is 2.42. The summed E-state index contributed by atoms with van der Waals surface area (Å²) in [6.07, 6.45) is 1.67. The van der Waals surface area contributed by atoms with Crippen LogP contribution in [0.4, 0.5) is 5.69 Å². The van der Waals surface area contributed by atoms with E-state index in [4.69, 9.17) is 10.5 Å². The zero-order chi connectivity index (χ0) is 15.6. The molecule has 21 heavy (non-hydrogen) atoms. The van der Waals surface area contributed by atoms with Crippen LogP contribution in [0, 0.1) is 5.92 Å². The summed E-state index contributed by atoms with van der Waals surface area (Å²) in [5.41, 5.74) is 8.52. The lowest BCUT2D eigenvalue weighted by molar-refractivity contribution is -0.114. The third-order valence-electron chi connectivity index (χ3n) is 3.61. The summed E-state index contributed by atoms with van der Waals surface area (Å²) in [5, 5.41) is 0. The molecule has 1 amide bonds. The molecule has 0 radical (unpaired) electrons. The van der Waals surface area contributed by atoms with Crippen molar-refractivity contribution in [3.8, 4) is 5.75 Å². The number of hydrogen-bond acceptors (Lipinski definition) is 3. The Bertz CT molecular complexity index is 560. The molecule has 0 spiro atoms. The molecular weight excluding hydrogens is 264 g/mol. The van der Waals surface area contributed by atoms with Crippen LogP contribution in [0.1, 0.15) is 33.3 Å². The standard InChI is InChI=1S/C17H24N2O2/c1-11(2)7-17(20)19-10-16(12(3)4)21-15-8-13(9-18)5-6-14(15)19/h5-8,12,16H,9-10,18H2,1-4H3. The van der Waals surface area contributed by atoms with Crippen molar-refractivity contribution in [1.29, 1.82) is 0 Å². The van der Waals surface area contributed by atoms with Gasteiger partial charge in [0.05, 0.1) is 12.2 Å². The monoisotopic (exact) mass is 288 g/mol. The topological polar surface area (TPSA) is 55.6 Å². The van der Waals surface area contributed by atoms with Crippen molar-refractivity contribution >= 4 is 11.6 Å². The van der Waals surface area contributed by atoms with Crippen molar-refractivity contribution in [1.82, 2.24) is 0 Å². The molecule has 1 aliphatic rings. The summed E-state index contributed by atoms with van der Waals surface area (Å²) < 4.78 is 6.05. The molecule has 4 nitrogen and oxygen atoms in total. The van der Waals surface area contributed by atoms with Gasteiger partial charge in [-0.2, -0.15) is 0 Å². The zero-order valence-electron chi connectivity index (χ0n) is 13.2. The maximum Gasteiger partial charge on any atom is 0.251 e. The van der Waals surface area contributed by atoms with Gasteiger partial charge < -0.3 is 15.4 Å². The fourth-order valence-electron chi connectivity index (χ4n) is 2.36. The van der Waals surface area contributed by atoms with Crippen LogP contribution in [0.3, 0.4) is 0 Å². The molecule has 1 aromatic carbocycles. The van der Waals surface area contributed by atoms with E-state index in [1.165, 1.54) is 0 Å². The Morgan fingerprint density at radius 1 is 1.48 bits per heavy atom. The summed E-state index contributed by atoms with van der Waals surface area (Å²) in [7, 11) is 0. The largest absolute Gasteiger partial charge is 0.486 e. The summed E-state index contributed by atoms with van der Waals surface area (Å²) in [6, 6.07) is 5.80. The van der Waals surface area contributed by atoms with Crippen molar-refractivity contribution < 1.29 is 9.53 Å². The third kappa shape index (κ3) is 3.45. The number of fused-ring (bicyclic) bond motifs is 1. The minimum Gasteiger partial charge on any atom is -0.486 e. The number of benzene rings is 1. The highest BCUT2D eigenvalue weighted by Gasteiger charge is 2.30. The maximum absolute atomic E-state index is 12.5. The fraction of sp³-hybridized carbons (Fsp3) is 0.471. The van der Waals surface area contributed by atoms with Crippen molar-refractivity contribution in [2.24, 2.45) is 11.7 Å². The van der Waals surface area contributed by atoms with Gasteiger partial charge in [-0.3, -0.25) is 4.79 Å². The summed E-state index contributed by atoms with van der Waals surface area (Å²) >= 11 is 0. The molecule has 114 valence electrons. The highest BCUT2D eigenvalue weighted by molar-refractivity contribution is 6.03. The molecular formula is C17H24N2O2. The molecule has 0 saturated heterocycles. The predicted molar refractivity (Wildman–Crippen MR) is 85.4 cm³/mol. The van der Waals surface area contributed by atoms with Gasteiger partial charge in [-0.1, -0.05) is 25.5 Å². The second kappa shape index (κ2) is 6.31. The number of anilines is 1. The highest BCUT2D eigenvalue weighted by Crippen LogP contribution is 2.36. The van der Waals surface area contributed by atoms with E-state index in [2.05, 4.69) is 13.8 Å². The fourth-order valence-corrected chi connectivity index (χ4v) is 2.36. The Labute approximate surface area is 126 Å². The van der Waals surface area contributed by atoms with Crippen molar-refractivity contribution in [2.45, 2.75) is 40.3 Å². The van der Waals surface area contributed by atoms with Gasteiger partial charge in [0, 0.05) is 12.6 Å². The lowest BCUT2D eigenvalue weighted by atomic mass is 10.0. The lowest BCUT2D eigenvalue weighted by Crippen LogP contribution is -2.45. The third-order valence-corrected chi connectivity index (χ3v) is 3.61. The van der Waals surface area contributed by atoms with E-state index >= 15 is 0 Å². The van der Waals surface area contributed by atoms with Crippen LogP contribution in [0.25, 0.3) is 0 Å². The molecule has 4 heteroatoms. The Kier molecular flexibility index (Phi) is 4.68. The number of amides is 1.